The molecular formula is C12H16N2O2. The van der Waals surface area contributed by atoms with Crippen LogP contribution in [0.3, 0.4) is 0 Å². The number of hydrogen-bond donors (Lipinski definition) is 1. The molecular weight excluding hydrogens is 204 g/mol. The molecule has 4 heteroatoms. The quantitative estimate of drug-likeness (QED) is 0.470. The third kappa shape index (κ3) is 3.08. The maximum absolute atomic E-state index is 10.6. The van der Waals surface area contributed by atoms with Crippen LogP contribution in [0, 0.1) is 17.0 Å². The van der Waals surface area contributed by atoms with Crippen LogP contribution >= 0.6 is 0 Å². The van der Waals surface area contributed by atoms with Gasteiger partial charge in [-0.25, -0.2) is 0 Å². The second kappa shape index (κ2) is 5.30. The SMILES string of the molecule is C=CCC(C)Nc1ccc([N+](=O)[O-])c(C)c1. The van der Waals surface area contributed by atoms with Crippen LogP contribution in [-0.4, -0.2) is 11.0 Å². The van der Waals surface area contributed by atoms with Gasteiger partial charge in [-0.05, 0) is 32.4 Å². The maximum atomic E-state index is 10.6. The Morgan fingerprint density at radius 1 is 1.62 bits per heavy atom. The molecule has 0 spiro atoms. The highest BCUT2D eigenvalue weighted by atomic mass is 16.6. The van der Waals surface area contributed by atoms with Crippen molar-refractivity contribution < 1.29 is 4.92 Å². The predicted molar refractivity (Wildman–Crippen MR) is 65.7 cm³/mol. The maximum Gasteiger partial charge on any atom is 0.272 e. The third-order valence-corrected chi connectivity index (χ3v) is 2.33. The van der Waals surface area contributed by atoms with Gasteiger partial charge in [-0.15, -0.1) is 6.58 Å². The molecule has 0 aliphatic rings. The van der Waals surface area contributed by atoms with Crippen LogP contribution in [0.4, 0.5) is 11.4 Å². The van der Waals surface area contributed by atoms with Gasteiger partial charge in [-0.3, -0.25) is 10.1 Å². The Kier molecular flexibility index (Phi) is 4.05. The van der Waals surface area contributed by atoms with Gasteiger partial charge in [0.15, 0.2) is 0 Å². The zero-order valence-electron chi connectivity index (χ0n) is 9.56. The number of aryl methyl sites for hydroxylation is 1. The summed E-state index contributed by atoms with van der Waals surface area (Å²) in [5.41, 5.74) is 1.72. The Morgan fingerprint density at radius 3 is 2.81 bits per heavy atom. The highest BCUT2D eigenvalue weighted by Crippen LogP contribution is 2.22. The van der Waals surface area contributed by atoms with Crippen molar-refractivity contribution in [2.24, 2.45) is 0 Å². The van der Waals surface area contributed by atoms with Crippen molar-refractivity contribution in [1.29, 1.82) is 0 Å². The molecule has 0 saturated heterocycles. The van der Waals surface area contributed by atoms with Crippen LogP contribution < -0.4 is 5.32 Å². The first-order valence-corrected chi connectivity index (χ1v) is 5.17. The van der Waals surface area contributed by atoms with Gasteiger partial charge >= 0.3 is 0 Å². The van der Waals surface area contributed by atoms with E-state index in [9.17, 15) is 10.1 Å². The van der Waals surface area contributed by atoms with Crippen molar-refractivity contribution >= 4 is 11.4 Å². The number of benzene rings is 1. The Labute approximate surface area is 95.1 Å². The summed E-state index contributed by atoms with van der Waals surface area (Å²) in [7, 11) is 0. The van der Waals surface area contributed by atoms with Gasteiger partial charge < -0.3 is 5.32 Å². The molecule has 1 aromatic carbocycles. The number of hydrogen-bond acceptors (Lipinski definition) is 3. The van der Waals surface area contributed by atoms with E-state index in [1.807, 2.05) is 13.0 Å². The Morgan fingerprint density at radius 2 is 2.31 bits per heavy atom. The van der Waals surface area contributed by atoms with Gasteiger partial charge in [-0.1, -0.05) is 6.08 Å². The molecule has 86 valence electrons. The van der Waals surface area contributed by atoms with Crippen molar-refractivity contribution in [3.05, 3.63) is 46.5 Å². The topological polar surface area (TPSA) is 55.2 Å². The van der Waals surface area contributed by atoms with Gasteiger partial charge in [0, 0.05) is 23.4 Å². The summed E-state index contributed by atoms with van der Waals surface area (Å²) in [5.74, 6) is 0. The van der Waals surface area contributed by atoms with Crippen LogP contribution in [0.25, 0.3) is 0 Å². The van der Waals surface area contributed by atoms with Crippen LogP contribution in [0.5, 0.6) is 0 Å². The molecule has 4 nitrogen and oxygen atoms in total. The van der Waals surface area contributed by atoms with E-state index in [0.717, 1.165) is 12.1 Å². The van der Waals surface area contributed by atoms with Gasteiger partial charge in [-0.2, -0.15) is 0 Å². The van der Waals surface area contributed by atoms with Crippen molar-refractivity contribution in [2.45, 2.75) is 26.3 Å². The molecule has 1 N–H and O–H groups in total. The van der Waals surface area contributed by atoms with Gasteiger partial charge in [0.1, 0.15) is 0 Å². The Hall–Kier alpha value is -1.84. The molecule has 1 unspecified atom stereocenters. The molecule has 1 aromatic rings. The molecule has 1 atom stereocenters. The molecule has 0 heterocycles. The fraction of sp³-hybridized carbons (Fsp3) is 0.333. The lowest BCUT2D eigenvalue weighted by Gasteiger charge is -2.13. The standard InChI is InChI=1S/C12H16N2O2/c1-4-5-10(3)13-11-6-7-12(14(15)16)9(2)8-11/h4,6-8,10,13H,1,5H2,2-3H3. The average Bonchev–Trinajstić information content (AvgIpc) is 2.17. The van der Waals surface area contributed by atoms with Gasteiger partial charge in [0.05, 0.1) is 4.92 Å². The van der Waals surface area contributed by atoms with Gasteiger partial charge in [0.2, 0.25) is 0 Å². The van der Waals surface area contributed by atoms with Crippen molar-refractivity contribution in [3.8, 4) is 0 Å². The number of nitrogens with zero attached hydrogens (tertiary/aromatic N) is 1. The highest BCUT2D eigenvalue weighted by Gasteiger charge is 2.10. The fourth-order valence-corrected chi connectivity index (χ4v) is 1.54. The van der Waals surface area contributed by atoms with E-state index in [2.05, 4.69) is 11.9 Å². The molecule has 0 aromatic heterocycles. The lowest BCUT2D eigenvalue weighted by molar-refractivity contribution is -0.385. The molecule has 0 fully saturated rings. The molecule has 16 heavy (non-hydrogen) atoms. The fourth-order valence-electron chi connectivity index (χ4n) is 1.54. The van der Waals surface area contributed by atoms with E-state index in [0.29, 0.717) is 5.56 Å². The molecule has 0 aliphatic carbocycles. The molecule has 0 amide bonds. The lowest BCUT2D eigenvalue weighted by atomic mass is 10.1. The van der Waals surface area contributed by atoms with E-state index in [4.69, 9.17) is 0 Å². The van der Waals surface area contributed by atoms with Crippen LogP contribution in [0.2, 0.25) is 0 Å². The van der Waals surface area contributed by atoms with E-state index in [1.54, 1.807) is 19.1 Å². The summed E-state index contributed by atoms with van der Waals surface area (Å²) in [6, 6.07) is 5.32. The smallest absolute Gasteiger partial charge is 0.272 e. The monoisotopic (exact) mass is 220 g/mol. The second-order valence-electron chi connectivity index (χ2n) is 3.83. The minimum Gasteiger partial charge on any atom is -0.382 e. The van der Waals surface area contributed by atoms with E-state index < -0.39 is 0 Å². The van der Waals surface area contributed by atoms with Crippen LogP contribution in [-0.2, 0) is 0 Å². The minimum absolute atomic E-state index is 0.155. The van der Waals surface area contributed by atoms with Crippen molar-refractivity contribution in [1.82, 2.24) is 0 Å². The molecule has 0 saturated carbocycles. The largest absolute Gasteiger partial charge is 0.382 e. The van der Waals surface area contributed by atoms with Crippen molar-refractivity contribution in [2.75, 3.05) is 5.32 Å². The lowest BCUT2D eigenvalue weighted by Crippen LogP contribution is -2.13. The van der Waals surface area contributed by atoms with E-state index in [1.165, 1.54) is 6.07 Å². The third-order valence-electron chi connectivity index (χ3n) is 2.33. The summed E-state index contributed by atoms with van der Waals surface area (Å²) in [6.45, 7) is 7.45. The molecule has 0 aliphatic heterocycles. The van der Waals surface area contributed by atoms with Crippen LogP contribution in [0.1, 0.15) is 18.9 Å². The summed E-state index contributed by atoms with van der Waals surface area (Å²) in [6.07, 6.45) is 2.70. The number of nitro benzene ring substituents is 1. The van der Waals surface area contributed by atoms with E-state index >= 15 is 0 Å². The number of nitrogens with one attached hydrogen (secondary N) is 1. The first kappa shape index (κ1) is 12.2. The minimum atomic E-state index is -0.369. The van der Waals surface area contributed by atoms with E-state index in [-0.39, 0.29) is 16.7 Å². The number of anilines is 1. The Balaban J connectivity index is 2.81. The first-order valence-electron chi connectivity index (χ1n) is 5.17. The summed E-state index contributed by atoms with van der Waals surface area (Å²) in [5, 5.41) is 13.9. The normalized spacial score (nSPS) is 11.9. The molecule has 1 rings (SSSR count). The summed E-state index contributed by atoms with van der Waals surface area (Å²) >= 11 is 0. The number of nitro groups is 1. The highest BCUT2D eigenvalue weighted by molar-refractivity contribution is 5.53. The van der Waals surface area contributed by atoms with Crippen molar-refractivity contribution in [3.63, 3.8) is 0 Å². The van der Waals surface area contributed by atoms with Gasteiger partial charge in [0.25, 0.3) is 5.69 Å². The van der Waals surface area contributed by atoms with Crippen LogP contribution in [0.15, 0.2) is 30.9 Å². The first-order chi connectivity index (χ1) is 7.54. The molecule has 0 radical (unpaired) electrons. The summed E-state index contributed by atoms with van der Waals surface area (Å²) < 4.78 is 0. The number of rotatable bonds is 5. The zero-order chi connectivity index (χ0) is 12.1. The second-order valence-corrected chi connectivity index (χ2v) is 3.83. The predicted octanol–water partition coefficient (Wildman–Crippen LogP) is 3.28. The summed E-state index contributed by atoms with van der Waals surface area (Å²) in [4.78, 5) is 10.3. The average molecular weight is 220 g/mol. The Bertz CT molecular complexity index is 402. The zero-order valence-corrected chi connectivity index (χ0v) is 9.56. The molecule has 0 bridgehead atoms.